The van der Waals surface area contributed by atoms with E-state index < -0.39 is 23.6 Å². The van der Waals surface area contributed by atoms with E-state index in [1.807, 2.05) is 69.5 Å². The van der Waals surface area contributed by atoms with Crippen molar-refractivity contribution in [2.24, 2.45) is 0 Å². The van der Waals surface area contributed by atoms with Gasteiger partial charge in [-0.15, -0.1) is 11.3 Å². The quantitative estimate of drug-likeness (QED) is 0.736. The van der Waals surface area contributed by atoms with Gasteiger partial charge in [-0.3, -0.25) is 0 Å². The Morgan fingerprint density at radius 1 is 0.929 bits per heavy atom. The lowest BCUT2D eigenvalue weighted by Crippen LogP contribution is -2.53. The van der Waals surface area contributed by atoms with Crippen LogP contribution in [-0.4, -0.2) is 42.7 Å². The molecule has 1 fully saturated rings. The average Bonchev–Trinajstić information content (AvgIpc) is 3.38. The maximum atomic E-state index is 10.9. The average molecular weight is 407 g/mol. The zero-order chi connectivity index (χ0) is 20.5. The molecule has 1 aromatic carbocycles. The number of aliphatic hydroxyl groups is 1. The molecule has 0 saturated carbocycles. The van der Waals surface area contributed by atoms with E-state index in [9.17, 15) is 5.11 Å². The third kappa shape index (κ3) is 4.03. The molecule has 1 N–H and O–H groups in total. The molecule has 0 radical (unpaired) electrons. The van der Waals surface area contributed by atoms with E-state index in [2.05, 4.69) is 0 Å². The first-order chi connectivity index (χ1) is 13.2. The van der Waals surface area contributed by atoms with Crippen LogP contribution < -0.4 is 0 Å². The van der Waals surface area contributed by atoms with Crippen LogP contribution in [0.25, 0.3) is 0 Å². The summed E-state index contributed by atoms with van der Waals surface area (Å²) in [7, 11) is 3.34. The zero-order valence-electron chi connectivity index (χ0n) is 17.3. The van der Waals surface area contributed by atoms with Crippen LogP contribution in [-0.2, 0) is 18.9 Å². The van der Waals surface area contributed by atoms with Gasteiger partial charge in [0.2, 0.25) is 0 Å². The number of aliphatic hydroxyl groups excluding tert-OH is 1. The van der Waals surface area contributed by atoms with Crippen molar-refractivity contribution in [1.82, 2.24) is 0 Å². The maximum absolute atomic E-state index is 10.9. The topological polar surface area (TPSA) is 57.2 Å². The Bertz CT molecular complexity index is 747. The molecule has 0 spiro atoms. The fraction of sp³-hybridized carbons (Fsp3) is 0.545. The molecular formula is C22H30O5S. The van der Waals surface area contributed by atoms with Crippen molar-refractivity contribution < 1.29 is 24.1 Å². The van der Waals surface area contributed by atoms with Crippen LogP contribution in [0.2, 0.25) is 0 Å². The molecule has 1 aliphatic heterocycles. The predicted molar refractivity (Wildman–Crippen MR) is 109 cm³/mol. The molecule has 3 atom stereocenters. The fourth-order valence-electron chi connectivity index (χ4n) is 3.45. The first kappa shape index (κ1) is 21.4. The lowest BCUT2D eigenvalue weighted by atomic mass is 9.87. The van der Waals surface area contributed by atoms with Gasteiger partial charge in [-0.05, 0) is 44.7 Å². The van der Waals surface area contributed by atoms with E-state index in [1.165, 1.54) is 11.3 Å². The Balaban J connectivity index is 1.97. The molecule has 5 nitrogen and oxygen atoms in total. The number of hydrogen-bond acceptors (Lipinski definition) is 6. The Labute approximate surface area is 171 Å². The minimum Gasteiger partial charge on any atom is -0.383 e. The van der Waals surface area contributed by atoms with Gasteiger partial charge in [-0.1, -0.05) is 30.3 Å². The molecule has 0 bridgehead atoms. The first-order valence-electron chi connectivity index (χ1n) is 9.42. The summed E-state index contributed by atoms with van der Waals surface area (Å²) < 4.78 is 24.2. The summed E-state index contributed by atoms with van der Waals surface area (Å²) in [6.45, 7) is 7.92. The SMILES string of the molecule is COC(C)(C)[C@@H]1OC(c2ccccc2[C@H](O)c2cccs2)O[C@H]1C(C)(C)OC. The van der Waals surface area contributed by atoms with Gasteiger partial charge < -0.3 is 24.1 Å². The van der Waals surface area contributed by atoms with Crippen LogP contribution in [0.3, 0.4) is 0 Å². The third-order valence-corrected chi connectivity index (χ3v) is 6.52. The van der Waals surface area contributed by atoms with Gasteiger partial charge in [-0.25, -0.2) is 0 Å². The smallest absolute Gasteiger partial charge is 0.185 e. The Morgan fingerprint density at radius 2 is 1.50 bits per heavy atom. The van der Waals surface area contributed by atoms with Crippen LogP contribution >= 0.6 is 11.3 Å². The van der Waals surface area contributed by atoms with Gasteiger partial charge in [0.25, 0.3) is 0 Å². The highest BCUT2D eigenvalue weighted by Crippen LogP contribution is 2.44. The molecule has 3 rings (SSSR count). The molecular weight excluding hydrogens is 376 g/mol. The molecule has 154 valence electrons. The summed E-state index contributed by atoms with van der Waals surface area (Å²) in [5, 5.41) is 12.9. The summed E-state index contributed by atoms with van der Waals surface area (Å²) in [6.07, 6.45) is -2.04. The van der Waals surface area contributed by atoms with Crippen LogP contribution in [0.5, 0.6) is 0 Å². The first-order valence-corrected chi connectivity index (χ1v) is 10.3. The molecule has 1 aromatic heterocycles. The summed E-state index contributed by atoms with van der Waals surface area (Å²) in [5.41, 5.74) is 0.446. The largest absolute Gasteiger partial charge is 0.383 e. The third-order valence-electron chi connectivity index (χ3n) is 5.60. The van der Waals surface area contributed by atoms with Crippen molar-refractivity contribution in [3.05, 3.63) is 57.8 Å². The number of hydrogen-bond donors (Lipinski definition) is 1. The summed E-state index contributed by atoms with van der Waals surface area (Å²) in [6, 6.07) is 11.6. The standard InChI is InChI=1S/C22H30O5S/c1-21(2,24-5)18-19(22(3,4)25-6)27-20(26-18)15-11-8-7-10-14(15)17(23)16-12-9-13-28-16/h7-13,17-20,23H,1-6H3/t17-,18+,19+/m0/s1. The molecule has 0 aliphatic carbocycles. The van der Waals surface area contributed by atoms with Crippen molar-refractivity contribution in [1.29, 1.82) is 0 Å². The molecule has 2 heterocycles. The molecule has 0 amide bonds. The highest BCUT2D eigenvalue weighted by Gasteiger charge is 2.52. The van der Waals surface area contributed by atoms with Crippen molar-refractivity contribution >= 4 is 11.3 Å². The summed E-state index contributed by atoms with van der Waals surface area (Å²) in [5.74, 6) is 0. The number of methoxy groups -OCH3 is 2. The monoisotopic (exact) mass is 406 g/mol. The number of thiophene rings is 1. The van der Waals surface area contributed by atoms with Crippen molar-refractivity contribution in [2.75, 3.05) is 14.2 Å². The van der Waals surface area contributed by atoms with E-state index in [-0.39, 0.29) is 12.2 Å². The highest BCUT2D eigenvalue weighted by molar-refractivity contribution is 7.10. The van der Waals surface area contributed by atoms with Gasteiger partial charge in [0.05, 0.1) is 11.2 Å². The number of benzene rings is 1. The summed E-state index contributed by atoms with van der Waals surface area (Å²) in [4.78, 5) is 0.882. The Morgan fingerprint density at radius 3 is 2.00 bits per heavy atom. The number of rotatable bonds is 7. The lowest BCUT2D eigenvalue weighted by Gasteiger charge is -2.38. The van der Waals surface area contributed by atoms with Crippen molar-refractivity contribution in [3.8, 4) is 0 Å². The van der Waals surface area contributed by atoms with Crippen LogP contribution in [0, 0.1) is 0 Å². The van der Waals surface area contributed by atoms with E-state index >= 15 is 0 Å². The van der Waals surface area contributed by atoms with E-state index in [0.29, 0.717) is 0 Å². The van der Waals surface area contributed by atoms with Gasteiger partial charge in [0, 0.05) is 24.7 Å². The van der Waals surface area contributed by atoms with Crippen LogP contribution in [0.1, 0.15) is 56.1 Å². The van der Waals surface area contributed by atoms with Gasteiger partial charge >= 0.3 is 0 Å². The molecule has 0 unspecified atom stereocenters. The van der Waals surface area contributed by atoms with Crippen LogP contribution in [0.4, 0.5) is 0 Å². The zero-order valence-corrected chi connectivity index (χ0v) is 18.2. The van der Waals surface area contributed by atoms with Crippen molar-refractivity contribution in [3.63, 3.8) is 0 Å². The summed E-state index contributed by atoms with van der Waals surface area (Å²) >= 11 is 1.52. The minimum absolute atomic E-state index is 0.343. The normalized spacial score (nSPS) is 22.5. The van der Waals surface area contributed by atoms with Gasteiger partial charge in [-0.2, -0.15) is 0 Å². The second-order valence-electron chi connectivity index (χ2n) is 8.11. The van der Waals surface area contributed by atoms with E-state index in [0.717, 1.165) is 16.0 Å². The van der Waals surface area contributed by atoms with Crippen molar-refractivity contribution in [2.45, 2.75) is 63.5 Å². The molecule has 2 aromatic rings. The fourth-order valence-corrected chi connectivity index (χ4v) is 4.18. The van der Waals surface area contributed by atoms with Gasteiger partial charge in [0.1, 0.15) is 18.3 Å². The molecule has 6 heteroatoms. The second-order valence-corrected chi connectivity index (χ2v) is 9.09. The Hall–Kier alpha value is -1.28. The predicted octanol–water partition coefficient (Wildman–Crippen LogP) is 4.46. The van der Waals surface area contributed by atoms with Gasteiger partial charge in [0.15, 0.2) is 6.29 Å². The minimum atomic E-state index is -0.730. The molecule has 1 saturated heterocycles. The lowest BCUT2D eigenvalue weighted by molar-refractivity contribution is -0.132. The maximum Gasteiger partial charge on any atom is 0.185 e. The molecule has 28 heavy (non-hydrogen) atoms. The van der Waals surface area contributed by atoms with E-state index in [4.69, 9.17) is 18.9 Å². The van der Waals surface area contributed by atoms with Crippen LogP contribution in [0.15, 0.2) is 41.8 Å². The molecule has 1 aliphatic rings. The number of ether oxygens (including phenoxy) is 4. The highest BCUT2D eigenvalue weighted by atomic mass is 32.1. The van der Waals surface area contributed by atoms with E-state index in [1.54, 1.807) is 14.2 Å². The second kappa shape index (κ2) is 8.22. The Kier molecular flexibility index (Phi) is 6.29.